The Morgan fingerprint density at radius 3 is 2.46 bits per heavy atom. The van der Waals surface area contributed by atoms with Crippen molar-refractivity contribution in [2.75, 3.05) is 6.61 Å². The first-order chi connectivity index (χ1) is 6.08. The van der Waals surface area contributed by atoms with Crippen molar-refractivity contribution in [2.45, 2.75) is 46.5 Å². The molecule has 0 N–H and O–H groups in total. The third-order valence-corrected chi connectivity index (χ3v) is 3.15. The Morgan fingerprint density at radius 1 is 1.46 bits per heavy atom. The number of carbonyl (C=O) groups excluding carboxylic acids is 1. The molecular weight excluding hydrogens is 164 g/mol. The second kappa shape index (κ2) is 4.12. The highest BCUT2D eigenvalue weighted by Gasteiger charge is 2.37. The fraction of sp³-hybridized carbons (Fsp3) is 0.909. The van der Waals surface area contributed by atoms with Crippen LogP contribution in [0.4, 0.5) is 0 Å². The molecule has 0 aromatic rings. The van der Waals surface area contributed by atoms with Gasteiger partial charge in [-0.1, -0.05) is 6.92 Å². The van der Waals surface area contributed by atoms with Gasteiger partial charge in [0.2, 0.25) is 0 Å². The van der Waals surface area contributed by atoms with Crippen molar-refractivity contribution in [3.63, 3.8) is 0 Å². The zero-order chi connectivity index (χ0) is 9.90. The summed E-state index contributed by atoms with van der Waals surface area (Å²) in [5.74, 6) is 0.782. The van der Waals surface area contributed by atoms with Gasteiger partial charge in [0.05, 0.1) is 12.0 Å². The van der Waals surface area contributed by atoms with E-state index in [9.17, 15) is 4.79 Å². The van der Waals surface area contributed by atoms with E-state index in [0.29, 0.717) is 6.61 Å². The second-order valence-electron chi connectivity index (χ2n) is 4.46. The summed E-state index contributed by atoms with van der Waals surface area (Å²) < 4.78 is 5.08. The van der Waals surface area contributed by atoms with Gasteiger partial charge in [-0.25, -0.2) is 0 Å². The van der Waals surface area contributed by atoms with Crippen LogP contribution in [-0.4, -0.2) is 12.6 Å². The van der Waals surface area contributed by atoms with Crippen molar-refractivity contribution in [1.82, 2.24) is 0 Å². The number of ether oxygens (including phenoxy) is 1. The van der Waals surface area contributed by atoms with Gasteiger partial charge in [0.25, 0.3) is 0 Å². The smallest absolute Gasteiger partial charge is 0.311 e. The molecule has 76 valence electrons. The summed E-state index contributed by atoms with van der Waals surface area (Å²) in [6.07, 6.45) is 4.31. The van der Waals surface area contributed by atoms with E-state index in [2.05, 4.69) is 6.92 Å². The maximum atomic E-state index is 11.6. The van der Waals surface area contributed by atoms with Crippen LogP contribution < -0.4 is 0 Å². The van der Waals surface area contributed by atoms with Gasteiger partial charge in [0.1, 0.15) is 0 Å². The van der Waals surface area contributed by atoms with Crippen molar-refractivity contribution in [3.05, 3.63) is 0 Å². The molecule has 1 rings (SSSR count). The fourth-order valence-corrected chi connectivity index (χ4v) is 1.91. The topological polar surface area (TPSA) is 26.3 Å². The van der Waals surface area contributed by atoms with Gasteiger partial charge in [-0.3, -0.25) is 4.79 Å². The second-order valence-corrected chi connectivity index (χ2v) is 4.46. The van der Waals surface area contributed by atoms with Crippen LogP contribution in [-0.2, 0) is 9.53 Å². The summed E-state index contributed by atoms with van der Waals surface area (Å²) in [5, 5.41) is 0. The molecule has 1 fully saturated rings. The lowest BCUT2D eigenvalue weighted by Crippen LogP contribution is -2.33. The lowest BCUT2D eigenvalue weighted by Gasteiger charge is -2.33. The van der Waals surface area contributed by atoms with Crippen LogP contribution in [0.25, 0.3) is 0 Å². The zero-order valence-corrected chi connectivity index (χ0v) is 8.93. The molecule has 1 saturated carbocycles. The highest BCUT2D eigenvalue weighted by molar-refractivity contribution is 5.76. The lowest BCUT2D eigenvalue weighted by atomic mass is 9.72. The van der Waals surface area contributed by atoms with Crippen molar-refractivity contribution in [3.8, 4) is 0 Å². The summed E-state index contributed by atoms with van der Waals surface area (Å²) in [4.78, 5) is 11.6. The Labute approximate surface area is 80.7 Å². The summed E-state index contributed by atoms with van der Waals surface area (Å²) in [6, 6.07) is 0. The van der Waals surface area contributed by atoms with E-state index >= 15 is 0 Å². The van der Waals surface area contributed by atoms with Gasteiger partial charge in [-0.2, -0.15) is 0 Å². The first kappa shape index (κ1) is 10.6. The van der Waals surface area contributed by atoms with Crippen LogP contribution in [0.1, 0.15) is 46.5 Å². The van der Waals surface area contributed by atoms with Crippen LogP contribution in [0.5, 0.6) is 0 Å². The molecule has 0 amide bonds. The van der Waals surface area contributed by atoms with Gasteiger partial charge in [0, 0.05) is 0 Å². The summed E-state index contributed by atoms with van der Waals surface area (Å²) >= 11 is 0. The maximum absolute atomic E-state index is 11.6. The van der Waals surface area contributed by atoms with E-state index < -0.39 is 0 Å². The summed E-state index contributed by atoms with van der Waals surface area (Å²) in [5.41, 5.74) is -0.192. The molecule has 0 saturated heterocycles. The van der Waals surface area contributed by atoms with Crippen LogP contribution >= 0.6 is 0 Å². The monoisotopic (exact) mass is 184 g/mol. The Balaban J connectivity index is 2.51. The molecule has 0 spiro atoms. The Kier molecular flexibility index (Phi) is 3.34. The van der Waals surface area contributed by atoms with E-state index in [1.807, 2.05) is 13.8 Å². The van der Waals surface area contributed by atoms with Crippen molar-refractivity contribution < 1.29 is 9.53 Å². The average Bonchev–Trinajstić information content (AvgIpc) is 2.11. The quantitative estimate of drug-likeness (QED) is 0.617. The molecule has 0 atom stereocenters. The first-order valence-electron chi connectivity index (χ1n) is 5.25. The van der Waals surface area contributed by atoms with E-state index in [4.69, 9.17) is 4.74 Å². The molecule has 1 aliphatic rings. The van der Waals surface area contributed by atoms with E-state index in [1.165, 1.54) is 0 Å². The predicted molar refractivity (Wildman–Crippen MR) is 52.4 cm³/mol. The molecule has 2 heteroatoms. The third-order valence-electron chi connectivity index (χ3n) is 3.15. The van der Waals surface area contributed by atoms with Crippen LogP contribution in [0.15, 0.2) is 0 Å². The summed E-state index contributed by atoms with van der Waals surface area (Å²) in [7, 11) is 0. The Bertz CT molecular complexity index is 179. The SMILES string of the molecule is CCOC(=O)[C@]1(C)CC[C@@H](C)CC1. The standard InChI is InChI=1S/C11H20O2/c1-4-13-10(12)11(3)7-5-9(2)6-8-11/h9H,4-8H2,1-3H3/t9-,11-. The first-order valence-corrected chi connectivity index (χ1v) is 5.25. The van der Waals surface area contributed by atoms with Gasteiger partial charge in [-0.05, 0) is 45.4 Å². The van der Waals surface area contributed by atoms with Gasteiger partial charge < -0.3 is 4.74 Å². The minimum atomic E-state index is -0.192. The van der Waals surface area contributed by atoms with E-state index in [0.717, 1.165) is 31.6 Å². The Hall–Kier alpha value is -0.530. The fourth-order valence-electron chi connectivity index (χ4n) is 1.91. The lowest BCUT2D eigenvalue weighted by molar-refractivity contribution is -0.156. The zero-order valence-electron chi connectivity index (χ0n) is 8.93. The highest BCUT2D eigenvalue weighted by atomic mass is 16.5. The molecule has 2 nitrogen and oxygen atoms in total. The minimum absolute atomic E-state index is 0.00176. The van der Waals surface area contributed by atoms with Gasteiger partial charge in [-0.15, -0.1) is 0 Å². The third kappa shape index (κ3) is 2.45. The molecule has 0 heterocycles. The molecule has 0 aromatic carbocycles. The van der Waals surface area contributed by atoms with Gasteiger partial charge >= 0.3 is 5.97 Å². The molecule has 0 unspecified atom stereocenters. The van der Waals surface area contributed by atoms with E-state index in [1.54, 1.807) is 0 Å². The normalized spacial score (nSPS) is 34.2. The number of carbonyl (C=O) groups is 1. The van der Waals surface area contributed by atoms with Crippen LogP contribution in [0.3, 0.4) is 0 Å². The van der Waals surface area contributed by atoms with Crippen molar-refractivity contribution in [2.24, 2.45) is 11.3 Å². The average molecular weight is 184 g/mol. The maximum Gasteiger partial charge on any atom is 0.311 e. The van der Waals surface area contributed by atoms with Crippen LogP contribution in [0, 0.1) is 11.3 Å². The molecular formula is C11H20O2. The summed E-state index contributed by atoms with van der Waals surface area (Å²) in [6.45, 7) is 6.66. The van der Waals surface area contributed by atoms with E-state index in [-0.39, 0.29) is 11.4 Å². The minimum Gasteiger partial charge on any atom is -0.466 e. The van der Waals surface area contributed by atoms with Crippen molar-refractivity contribution in [1.29, 1.82) is 0 Å². The van der Waals surface area contributed by atoms with Gasteiger partial charge in [0.15, 0.2) is 0 Å². The number of hydrogen-bond acceptors (Lipinski definition) is 2. The van der Waals surface area contributed by atoms with Crippen molar-refractivity contribution >= 4 is 5.97 Å². The van der Waals surface area contributed by atoms with Crippen LogP contribution in [0.2, 0.25) is 0 Å². The number of rotatable bonds is 2. The highest BCUT2D eigenvalue weighted by Crippen LogP contribution is 2.39. The molecule has 0 bridgehead atoms. The number of hydrogen-bond donors (Lipinski definition) is 0. The molecule has 1 aliphatic carbocycles. The Morgan fingerprint density at radius 2 is 2.00 bits per heavy atom. The molecule has 0 aliphatic heterocycles. The molecule has 0 aromatic heterocycles. The predicted octanol–water partition coefficient (Wildman–Crippen LogP) is 2.77. The largest absolute Gasteiger partial charge is 0.466 e. The molecule has 13 heavy (non-hydrogen) atoms. The molecule has 0 radical (unpaired) electrons. The number of esters is 1.